The summed E-state index contributed by atoms with van der Waals surface area (Å²) in [7, 11) is 0. The quantitative estimate of drug-likeness (QED) is 0.708. The molecule has 0 spiro atoms. The Kier molecular flexibility index (Phi) is 2.10. The molecule has 0 aliphatic carbocycles. The van der Waals surface area contributed by atoms with Crippen molar-refractivity contribution in [3.8, 4) is 11.5 Å². The van der Waals surface area contributed by atoms with Crippen LogP contribution in [0.25, 0.3) is 0 Å². The predicted octanol–water partition coefficient (Wildman–Crippen LogP) is 2.31. The fourth-order valence-corrected chi connectivity index (χ4v) is 1.33. The Morgan fingerprint density at radius 3 is 2.67 bits per heavy atom. The van der Waals surface area contributed by atoms with Crippen LogP contribution in [-0.4, -0.2) is 12.6 Å². The number of carbonyl (C=O) groups is 1. The second kappa shape index (κ2) is 3.18. The molecular formula is C10H8F2O3. The van der Waals surface area contributed by atoms with E-state index in [-0.39, 0.29) is 17.4 Å². The molecule has 3 nitrogen and oxygen atoms in total. The van der Waals surface area contributed by atoms with Gasteiger partial charge in [0.2, 0.25) is 0 Å². The Morgan fingerprint density at radius 2 is 2.00 bits per heavy atom. The van der Waals surface area contributed by atoms with Crippen molar-refractivity contribution in [2.45, 2.75) is 19.1 Å². The maximum Gasteiger partial charge on any atom is 0.586 e. The van der Waals surface area contributed by atoms with Crippen molar-refractivity contribution in [3.63, 3.8) is 0 Å². The summed E-state index contributed by atoms with van der Waals surface area (Å²) in [5.74, 6) is -0.402. The minimum atomic E-state index is -3.61. The molecule has 15 heavy (non-hydrogen) atoms. The highest BCUT2D eigenvalue weighted by Crippen LogP contribution is 2.41. The molecule has 0 N–H and O–H groups in total. The molecule has 0 fully saturated rings. The van der Waals surface area contributed by atoms with Crippen molar-refractivity contribution in [1.82, 2.24) is 0 Å². The summed E-state index contributed by atoms with van der Waals surface area (Å²) in [6.45, 7) is 1.67. The summed E-state index contributed by atoms with van der Waals surface area (Å²) in [6.07, 6.45) is -2.87. The van der Waals surface area contributed by atoms with E-state index >= 15 is 0 Å². The molecule has 0 amide bonds. The second-order valence-corrected chi connectivity index (χ2v) is 3.30. The third-order valence-electron chi connectivity index (χ3n) is 2.16. The van der Waals surface area contributed by atoms with Gasteiger partial charge in [0.25, 0.3) is 0 Å². The van der Waals surface area contributed by atoms with E-state index in [1.807, 2.05) is 0 Å². The first-order chi connectivity index (χ1) is 7.02. The molecular weight excluding hydrogens is 206 g/mol. The van der Waals surface area contributed by atoms with Crippen molar-refractivity contribution >= 4 is 6.29 Å². The van der Waals surface area contributed by atoms with Crippen molar-refractivity contribution in [3.05, 3.63) is 23.8 Å². The van der Waals surface area contributed by atoms with E-state index in [1.165, 1.54) is 12.1 Å². The Hall–Kier alpha value is -1.65. The lowest BCUT2D eigenvalue weighted by Gasteiger charge is -2.05. The van der Waals surface area contributed by atoms with Gasteiger partial charge in [-0.3, -0.25) is 0 Å². The van der Waals surface area contributed by atoms with Gasteiger partial charge >= 0.3 is 6.29 Å². The minimum Gasteiger partial charge on any atom is -0.395 e. The van der Waals surface area contributed by atoms with E-state index in [0.717, 1.165) is 6.29 Å². The van der Waals surface area contributed by atoms with Crippen LogP contribution in [0.4, 0.5) is 8.78 Å². The van der Waals surface area contributed by atoms with Crippen molar-refractivity contribution in [2.24, 2.45) is 0 Å². The molecule has 1 unspecified atom stereocenters. The van der Waals surface area contributed by atoms with Crippen LogP contribution in [0.15, 0.2) is 18.2 Å². The van der Waals surface area contributed by atoms with Crippen molar-refractivity contribution < 1.29 is 23.0 Å². The molecule has 1 aliphatic heterocycles. The fourth-order valence-electron chi connectivity index (χ4n) is 1.33. The number of benzene rings is 1. The number of carbonyl (C=O) groups excluding carboxylic acids is 1. The molecule has 2 rings (SSSR count). The maximum atomic E-state index is 12.6. The molecule has 1 aromatic rings. The zero-order chi connectivity index (χ0) is 11.1. The highest BCUT2D eigenvalue weighted by atomic mass is 19.3. The summed E-state index contributed by atoms with van der Waals surface area (Å²) >= 11 is 0. The average Bonchev–Trinajstić information content (AvgIpc) is 2.49. The lowest BCUT2D eigenvalue weighted by atomic mass is 10.0. The number of rotatable bonds is 2. The number of alkyl halides is 2. The van der Waals surface area contributed by atoms with E-state index < -0.39 is 6.29 Å². The minimum absolute atomic E-state index is 0.0122. The molecule has 0 aromatic heterocycles. The Labute approximate surface area is 84.6 Å². The zero-order valence-corrected chi connectivity index (χ0v) is 7.87. The maximum absolute atomic E-state index is 12.6. The Bertz CT molecular complexity index is 404. The third-order valence-corrected chi connectivity index (χ3v) is 2.16. The smallest absolute Gasteiger partial charge is 0.395 e. The number of aldehydes is 1. The number of hydrogen-bond acceptors (Lipinski definition) is 3. The van der Waals surface area contributed by atoms with Gasteiger partial charge in [-0.15, -0.1) is 8.78 Å². The predicted molar refractivity (Wildman–Crippen MR) is 47.1 cm³/mol. The van der Waals surface area contributed by atoms with Gasteiger partial charge in [-0.05, 0) is 17.7 Å². The van der Waals surface area contributed by atoms with Crippen molar-refractivity contribution in [1.29, 1.82) is 0 Å². The molecule has 5 heteroatoms. The molecule has 0 saturated carbocycles. The van der Waals surface area contributed by atoms with Crippen LogP contribution in [0.5, 0.6) is 11.5 Å². The number of ether oxygens (including phenoxy) is 2. The van der Waals surface area contributed by atoms with Gasteiger partial charge in [-0.2, -0.15) is 0 Å². The van der Waals surface area contributed by atoms with Gasteiger partial charge in [-0.25, -0.2) is 0 Å². The van der Waals surface area contributed by atoms with Crippen LogP contribution in [0.1, 0.15) is 18.4 Å². The summed E-state index contributed by atoms with van der Waals surface area (Å²) < 4.78 is 33.8. The molecule has 0 bridgehead atoms. The Morgan fingerprint density at radius 1 is 1.33 bits per heavy atom. The van der Waals surface area contributed by atoms with E-state index in [0.29, 0.717) is 5.56 Å². The topological polar surface area (TPSA) is 35.5 Å². The summed E-state index contributed by atoms with van der Waals surface area (Å²) in [5.41, 5.74) is 0.616. The van der Waals surface area contributed by atoms with Crippen LogP contribution < -0.4 is 9.47 Å². The van der Waals surface area contributed by atoms with Crippen LogP contribution in [-0.2, 0) is 4.79 Å². The molecule has 0 saturated heterocycles. The van der Waals surface area contributed by atoms with Crippen molar-refractivity contribution in [2.75, 3.05) is 0 Å². The molecule has 80 valence electrons. The Balaban J connectivity index is 2.34. The van der Waals surface area contributed by atoms with E-state index in [9.17, 15) is 13.6 Å². The molecule has 1 heterocycles. The van der Waals surface area contributed by atoms with Crippen LogP contribution in [0.3, 0.4) is 0 Å². The normalized spacial score (nSPS) is 18.6. The van der Waals surface area contributed by atoms with Crippen LogP contribution in [0, 0.1) is 0 Å². The number of hydrogen-bond donors (Lipinski definition) is 0. The SMILES string of the molecule is CC(C=O)c1ccc2c(c1)OC(F)(F)O2. The average molecular weight is 214 g/mol. The summed E-state index contributed by atoms with van der Waals surface area (Å²) in [6, 6.07) is 4.31. The molecule has 1 atom stereocenters. The van der Waals surface area contributed by atoms with Gasteiger partial charge in [0.15, 0.2) is 11.5 Å². The third kappa shape index (κ3) is 1.77. The van der Waals surface area contributed by atoms with E-state index in [1.54, 1.807) is 13.0 Å². The first-order valence-corrected chi connectivity index (χ1v) is 4.37. The fraction of sp³-hybridized carbons (Fsp3) is 0.300. The van der Waals surface area contributed by atoms with Gasteiger partial charge in [0.1, 0.15) is 6.29 Å². The molecule has 0 radical (unpaired) electrons. The van der Waals surface area contributed by atoms with Gasteiger partial charge in [0.05, 0.1) is 0 Å². The second-order valence-electron chi connectivity index (χ2n) is 3.30. The lowest BCUT2D eigenvalue weighted by Crippen LogP contribution is -2.25. The highest BCUT2D eigenvalue weighted by Gasteiger charge is 2.43. The highest BCUT2D eigenvalue weighted by molar-refractivity contribution is 5.62. The summed E-state index contributed by atoms with van der Waals surface area (Å²) in [5, 5.41) is 0. The molecule has 1 aliphatic rings. The monoisotopic (exact) mass is 214 g/mol. The lowest BCUT2D eigenvalue weighted by molar-refractivity contribution is -0.286. The largest absolute Gasteiger partial charge is 0.586 e. The van der Waals surface area contributed by atoms with Gasteiger partial charge < -0.3 is 14.3 Å². The van der Waals surface area contributed by atoms with E-state index in [2.05, 4.69) is 9.47 Å². The van der Waals surface area contributed by atoms with Crippen LogP contribution >= 0.6 is 0 Å². The molecule has 1 aromatic carbocycles. The number of halogens is 2. The zero-order valence-electron chi connectivity index (χ0n) is 7.87. The standard InChI is InChI=1S/C10H8F2O3/c1-6(5-13)7-2-3-8-9(4-7)15-10(11,12)14-8/h2-6H,1H3. The number of fused-ring (bicyclic) bond motifs is 1. The van der Waals surface area contributed by atoms with Gasteiger partial charge in [0, 0.05) is 5.92 Å². The summed E-state index contributed by atoms with van der Waals surface area (Å²) in [4.78, 5) is 10.5. The van der Waals surface area contributed by atoms with Gasteiger partial charge in [-0.1, -0.05) is 13.0 Å². The first-order valence-electron chi connectivity index (χ1n) is 4.37. The van der Waals surface area contributed by atoms with E-state index in [4.69, 9.17) is 0 Å². The first kappa shape index (κ1) is 9.89. The van der Waals surface area contributed by atoms with Crippen LogP contribution in [0.2, 0.25) is 0 Å².